The van der Waals surface area contributed by atoms with Crippen LogP contribution in [0.3, 0.4) is 0 Å². The molecule has 0 unspecified atom stereocenters. The summed E-state index contributed by atoms with van der Waals surface area (Å²) in [5, 5.41) is 19.8. The van der Waals surface area contributed by atoms with Crippen LogP contribution in [0.25, 0.3) is 0 Å². The Morgan fingerprint density at radius 2 is 1.95 bits per heavy atom. The summed E-state index contributed by atoms with van der Waals surface area (Å²) < 4.78 is 11.1. The second-order valence-corrected chi connectivity index (χ2v) is 5.75. The van der Waals surface area contributed by atoms with E-state index in [0.29, 0.717) is 24.3 Å². The fourth-order valence-electron chi connectivity index (χ4n) is 2.72. The number of phenolic OH excluding ortho intramolecular Hbond substituents is 1. The van der Waals surface area contributed by atoms with E-state index >= 15 is 0 Å². The molecule has 0 aliphatic carbocycles. The first-order chi connectivity index (χ1) is 9.81. The van der Waals surface area contributed by atoms with Crippen molar-refractivity contribution in [1.29, 1.82) is 0 Å². The van der Waals surface area contributed by atoms with Gasteiger partial charge in [-0.15, -0.1) is 0 Å². The lowest BCUT2D eigenvalue weighted by atomic mass is 9.87. The molecule has 1 heterocycles. The summed E-state index contributed by atoms with van der Waals surface area (Å²) in [6.07, 6.45) is 1.20. The third-order valence-corrected chi connectivity index (χ3v) is 4.32. The Hall–Kier alpha value is -1.75. The number of hydrogen-bond acceptors (Lipinski definition) is 5. The molecule has 5 nitrogen and oxygen atoms in total. The topological polar surface area (TPSA) is 76.0 Å². The van der Waals surface area contributed by atoms with Crippen LogP contribution < -0.4 is 4.74 Å². The van der Waals surface area contributed by atoms with Crippen LogP contribution in [0.15, 0.2) is 0 Å². The van der Waals surface area contributed by atoms with Gasteiger partial charge in [-0.3, -0.25) is 4.79 Å². The standard InChI is InChI=1S/C16H22O5/c1-9-10(2)15-13(11(3)14(9)19)5-6-16(7-17,21-15)8-20-12(4)18/h17,19H,5-8H2,1-4H3/t16-/m0/s1. The maximum Gasteiger partial charge on any atom is 0.302 e. The number of carbonyl (C=O) groups is 1. The van der Waals surface area contributed by atoms with E-state index in [1.807, 2.05) is 20.8 Å². The predicted octanol–water partition coefficient (Wildman–Crippen LogP) is 1.94. The van der Waals surface area contributed by atoms with Crippen molar-refractivity contribution < 1.29 is 24.5 Å². The van der Waals surface area contributed by atoms with Gasteiger partial charge < -0.3 is 19.7 Å². The maximum absolute atomic E-state index is 11.0. The van der Waals surface area contributed by atoms with Gasteiger partial charge in [0.05, 0.1) is 6.61 Å². The van der Waals surface area contributed by atoms with E-state index < -0.39 is 11.6 Å². The van der Waals surface area contributed by atoms with Crippen molar-refractivity contribution in [3.05, 3.63) is 22.3 Å². The van der Waals surface area contributed by atoms with Crippen molar-refractivity contribution in [2.45, 2.75) is 46.1 Å². The molecular weight excluding hydrogens is 272 g/mol. The molecule has 0 amide bonds. The summed E-state index contributed by atoms with van der Waals surface area (Å²) >= 11 is 0. The maximum atomic E-state index is 11.0. The molecule has 0 spiro atoms. The quantitative estimate of drug-likeness (QED) is 0.833. The lowest BCUT2D eigenvalue weighted by molar-refractivity contribution is -0.150. The van der Waals surface area contributed by atoms with Crippen molar-refractivity contribution in [3.63, 3.8) is 0 Å². The van der Waals surface area contributed by atoms with Crippen LogP contribution in [0.5, 0.6) is 11.5 Å². The van der Waals surface area contributed by atoms with Crippen LogP contribution in [0.1, 0.15) is 35.6 Å². The van der Waals surface area contributed by atoms with E-state index in [4.69, 9.17) is 9.47 Å². The summed E-state index contributed by atoms with van der Waals surface area (Å²) in [5.74, 6) is 0.591. The Balaban J connectivity index is 2.41. The van der Waals surface area contributed by atoms with Gasteiger partial charge in [0.25, 0.3) is 0 Å². The third kappa shape index (κ3) is 2.70. The number of rotatable bonds is 3. The molecule has 0 radical (unpaired) electrons. The minimum atomic E-state index is -0.903. The van der Waals surface area contributed by atoms with Crippen molar-refractivity contribution in [1.82, 2.24) is 0 Å². The van der Waals surface area contributed by atoms with Gasteiger partial charge in [-0.05, 0) is 50.3 Å². The largest absolute Gasteiger partial charge is 0.507 e. The van der Waals surface area contributed by atoms with Crippen LogP contribution in [-0.4, -0.2) is 35.0 Å². The molecule has 5 heteroatoms. The summed E-state index contributed by atoms with van der Waals surface area (Å²) in [6.45, 7) is 6.71. The second-order valence-electron chi connectivity index (χ2n) is 5.75. The molecule has 0 aromatic heterocycles. The van der Waals surface area contributed by atoms with Gasteiger partial charge in [0, 0.05) is 12.5 Å². The number of aliphatic hydroxyl groups excluding tert-OH is 1. The van der Waals surface area contributed by atoms with Crippen LogP contribution in [0.4, 0.5) is 0 Å². The molecule has 1 aromatic rings. The van der Waals surface area contributed by atoms with Gasteiger partial charge >= 0.3 is 5.97 Å². The van der Waals surface area contributed by atoms with Gasteiger partial charge in [-0.2, -0.15) is 0 Å². The zero-order chi connectivity index (χ0) is 15.8. The summed E-state index contributed by atoms with van der Waals surface area (Å²) in [6, 6.07) is 0. The first-order valence-corrected chi connectivity index (χ1v) is 7.06. The monoisotopic (exact) mass is 294 g/mol. The Labute approximate surface area is 124 Å². The predicted molar refractivity (Wildman–Crippen MR) is 77.7 cm³/mol. The molecule has 1 aromatic carbocycles. The lowest BCUT2D eigenvalue weighted by Crippen LogP contribution is -2.48. The van der Waals surface area contributed by atoms with Crippen LogP contribution in [0, 0.1) is 20.8 Å². The minimum Gasteiger partial charge on any atom is -0.507 e. The van der Waals surface area contributed by atoms with Crippen molar-refractivity contribution in [2.24, 2.45) is 0 Å². The normalized spacial score (nSPS) is 20.6. The number of phenols is 1. The number of hydrogen-bond donors (Lipinski definition) is 2. The fourth-order valence-corrected chi connectivity index (χ4v) is 2.72. The summed E-state index contributed by atoms with van der Waals surface area (Å²) in [4.78, 5) is 11.0. The molecule has 0 fully saturated rings. The Kier molecular flexibility index (Phi) is 4.14. The zero-order valence-corrected chi connectivity index (χ0v) is 12.9. The number of aliphatic hydroxyl groups is 1. The van der Waals surface area contributed by atoms with Gasteiger partial charge in [0.2, 0.25) is 0 Å². The number of carbonyl (C=O) groups excluding carboxylic acids is 1. The van der Waals surface area contributed by atoms with Crippen LogP contribution >= 0.6 is 0 Å². The third-order valence-electron chi connectivity index (χ3n) is 4.32. The van der Waals surface area contributed by atoms with Crippen LogP contribution in [-0.2, 0) is 16.0 Å². The highest BCUT2D eigenvalue weighted by Gasteiger charge is 2.39. The molecular formula is C16H22O5. The molecule has 0 bridgehead atoms. The average Bonchev–Trinajstić information content (AvgIpc) is 2.48. The zero-order valence-electron chi connectivity index (χ0n) is 12.9. The van der Waals surface area contributed by atoms with Crippen LogP contribution in [0.2, 0.25) is 0 Å². The van der Waals surface area contributed by atoms with Gasteiger partial charge in [-0.25, -0.2) is 0 Å². The molecule has 0 saturated heterocycles. The molecule has 1 aliphatic heterocycles. The fraction of sp³-hybridized carbons (Fsp3) is 0.562. The van der Waals surface area contributed by atoms with Crippen molar-refractivity contribution in [2.75, 3.05) is 13.2 Å². The molecule has 0 saturated carbocycles. The molecule has 2 N–H and O–H groups in total. The van der Waals surface area contributed by atoms with E-state index in [0.717, 1.165) is 22.3 Å². The van der Waals surface area contributed by atoms with Crippen molar-refractivity contribution in [3.8, 4) is 11.5 Å². The summed E-state index contributed by atoms with van der Waals surface area (Å²) in [5.41, 5.74) is 2.50. The number of benzene rings is 1. The highest BCUT2D eigenvalue weighted by Crippen LogP contribution is 2.43. The Morgan fingerprint density at radius 1 is 1.29 bits per heavy atom. The number of ether oxygens (including phenoxy) is 2. The number of esters is 1. The minimum absolute atomic E-state index is 0.0245. The summed E-state index contributed by atoms with van der Waals surface area (Å²) in [7, 11) is 0. The Bertz CT molecular complexity index is 579. The molecule has 116 valence electrons. The highest BCUT2D eigenvalue weighted by atomic mass is 16.6. The van der Waals surface area contributed by atoms with Gasteiger partial charge in [-0.1, -0.05) is 0 Å². The molecule has 2 rings (SSSR count). The van der Waals surface area contributed by atoms with E-state index in [1.54, 1.807) is 0 Å². The first-order valence-electron chi connectivity index (χ1n) is 7.06. The highest BCUT2D eigenvalue weighted by molar-refractivity contribution is 5.66. The molecule has 21 heavy (non-hydrogen) atoms. The van der Waals surface area contributed by atoms with E-state index in [2.05, 4.69) is 0 Å². The van der Waals surface area contributed by atoms with Crippen molar-refractivity contribution >= 4 is 5.97 Å². The number of aromatic hydroxyl groups is 1. The lowest BCUT2D eigenvalue weighted by Gasteiger charge is -2.38. The van der Waals surface area contributed by atoms with E-state index in [1.165, 1.54) is 6.92 Å². The van der Waals surface area contributed by atoms with Gasteiger partial charge in [0.15, 0.2) is 5.60 Å². The Morgan fingerprint density at radius 3 is 2.52 bits per heavy atom. The molecule has 1 aliphatic rings. The van der Waals surface area contributed by atoms with E-state index in [-0.39, 0.29) is 13.2 Å². The first kappa shape index (κ1) is 15.6. The van der Waals surface area contributed by atoms with Gasteiger partial charge in [0.1, 0.15) is 18.1 Å². The average molecular weight is 294 g/mol. The second kappa shape index (κ2) is 5.56. The SMILES string of the molecule is CC(=O)OC[C@@]1(CO)CCc2c(C)c(O)c(C)c(C)c2O1. The molecule has 1 atom stereocenters. The number of fused-ring (bicyclic) bond motifs is 1. The van der Waals surface area contributed by atoms with E-state index in [9.17, 15) is 15.0 Å². The smallest absolute Gasteiger partial charge is 0.302 e.